The third kappa shape index (κ3) is 3.37. The first-order valence-electron chi connectivity index (χ1n) is 13.9. The second kappa shape index (κ2) is 8.59. The zero-order valence-corrected chi connectivity index (χ0v) is 22.7. The fraction of sp³-hybridized carbons (Fsp3) is 0.286. The largest absolute Gasteiger partial charge is 0.497 e. The number of anilines is 2. The maximum absolute atomic E-state index is 5.40. The van der Waals surface area contributed by atoms with Gasteiger partial charge in [0.1, 0.15) is 12.8 Å². The monoisotopic (exact) mass is 499 g/mol. The number of nitrogens with zero attached hydrogens (tertiary/aromatic N) is 2. The zero-order chi connectivity index (χ0) is 26.0. The molecule has 0 saturated heterocycles. The molecule has 0 radical (unpaired) electrons. The average molecular weight is 500 g/mol. The smallest absolute Gasteiger partial charge is 0.210 e. The summed E-state index contributed by atoms with van der Waals surface area (Å²) in [6.45, 7) is 4.72. The first kappa shape index (κ1) is 23.3. The molecule has 2 heterocycles. The summed E-state index contributed by atoms with van der Waals surface area (Å²) < 4.78 is 7.78. The number of ether oxygens (including phenoxy) is 1. The molecule has 0 N–H and O–H groups in total. The van der Waals surface area contributed by atoms with Crippen LogP contribution in [0.5, 0.6) is 5.75 Å². The van der Waals surface area contributed by atoms with Gasteiger partial charge < -0.3 is 9.64 Å². The van der Waals surface area contributed by atoms with Gasteiger partial charge in [-0.15, -0.1) is 0 Å². The van der Waals surface area contributed by atoms with Gasteiger partial charge in [-0.2, -0.15) is 4.58 Å². The molecule has 38 heavy (non-hydrogen) atoms. The zero-order valence-electron chi connectivity index (χ0n) is 22.7. The van der Waals surface area contributed by atoms with Gasteiger partial charge >= 0.3 is 0 Å². The number of fused-ring (bicyclic) bond motifs is 6. The molecule has 2 unspecified atom stereocenters. The Labute approximate surface area is 225 Å². The molecule has 3 aliphatic rings. The van der Waals surface area contributed by atoms with E-state index < -0.39 is 0 Å². The maximum Gasteiger partial charge on any atom is 0.210 e. The molecule has 1 saturated carbocycles. The number of hydrogen-bond acceptors (Lipinski definition) is 2. The average Bonchev–Trinajstić information content (AvgIpc) is 3.58. The second-order valence-electron chi connectivity index (χ2n) is 11.6. The molecule has 3 heteroatoms. The van der Waals surface area contributed by atoms with Gasteiger partial charge in [0.15, 0.2) is 5.71 Å². The van der Waals surface area contributed by atoms with E-state index in [1.54, 1.807) is 7.11 Å². The Balaban J connectivity index is 1.24. The maximum atomic E-state index is 5.40. The molecule has 0 amide bonds. The molecular weight excluding hydrogens is 464 g/mol. The van der Waals surface area contributed by atoms with Crippen LogP contribution in [0.15, 0.2) is 84.9 Å². The predicted molar refractivity (Wildman–Crippen MR) is 159 cm³/mol. The van der Waals surface area contributed by atoms with Crippen molar-refractivity contribution in [3.8, 4) is 5.75 Å². The van der Waals surface area contributed by atoms with Crippen LogP contribution in [-0.2, 0) is 5.41 Å². The van der Waals surface area contributed by atoms with Crippen molar-refractivity contribution in [2.24, 2.45) is 0 Å². The topological polar surface area (TPSA) is 15.5 Å². The highest BCUT2D eigenvalue weighted by molar-refractivity contribution is 6.09. The summed E-state index contributed by atoms with van der Waals surface area (Å²) in [7, 11) is 3.94. The van der Waals surface area contributed by atoms with Crippen LogP contribution in [-0.4, -0.2) is 30.5 Å². The number of benzene rings is 4. The van der Waals surface area contributed by atoms with Gasteiger partial charge in [0, 0.05) is 41.0 Å². The van der Waals surface area contributed by atoms with Crippen LogP contribution in [0.1, 0.15) is 55.7 Å². The normalized spacial score (nSPS) is 21.3. The van der Waals surface area contributed by atoms with Gasteiger partial charge in [0.2, 0.25) is 5.69 Å². The Morgan fingerprint density at radius 2 is 1.74 bits per heavy atom. The van der Waals surface area contributed by atoms with Gasteiger partial charge in [0.25, 0.3) is 0 Å². The minimum Gasteiger partial charge on any atom is -0.497 e. The van der Waals surface area contributed by atoms with Crippen molar-refractivity contribution in [1.82, 2.24) is 0 Å². The molecular formula is C35H35N2O+. The molecule has 7 rings (SSSR count). The molecule has 0 bridgehead atoms. The lowest BCUT2D eigenvalue weighted by Gasteiger charge is -2.27. The highest BCUT2D eigenvalue weighted by Crippen LogP contribution is 2.52. The summed E-state index contributed by atoms with van der Waals surface area (Å²) in [6, 6.07) is 29.5. The Bertz CT molecular complexity index is 1630. The Morgan fingerprint density at radius 3 is 2.55 bits per heavy atom. The van der Waals surface area contributed by atoms with E-state index in [4.69, 9.17) is 4.74 Å². The van der Waals surface area contributed by atoms with Crippen LogP contribution in [0.3, 0.4) is 0 Å². The molecule has 2 atom stereocenters. The van der Waals surface area contributed by atoms with Gasteiger partial charge in [-0.3, -0.25) is 0 Å². The van der Waals surface area contributed by atoms with E-state index in [-0.39, 0.29) is 5.41 Å². The minimum absolute atomic E-state index is 0.0696. The predicted octanol–water partition coefficient (Wildman–Crippen LogP) is 8.36. The van der Waals surface area contributed by atoms with Gasteiger partial charge in [0.05, 0.1) is 12.5 Å². The molecule has 4 aromatic carbocycles. The van der Waals surface area contributed by atoms with E-state index >= 15 is 0 Å². The first-order valence-corrected chi connectivity index (χ1v) is 13.9. The molecule has 0 aromatic heterocycles. The van der Waals surface area contributed by atoms with E-state index in [1.807, 2.05) is 0 Å². The van der Waals surface area contributed by atoms with Crippen molar-refractivity contribution >= 4 is 39.6 Å². The summed E-state index contributed by atoms with van der Waals surface area (Å²) in [5, 5.41) is 2.66. The van der Waals surface area contributed by atoms with Crippen molar-refractivity contribution in [3.05, 3.63) is 102 Å². The molecule has 2 aliphatic heterocycles. The fourth-order valence-corrected chi connectivity index (χ4v) is 7.43. The van der Waals surface area contributed by atoms with Gasteiger partial charge in [-0.1, -0.05) is 36.8 Å². The first-order chi connectivity index (χ1) is 18.5. The summed E-state index contributed by atoms with van der Waals surface area (Å²) in [5.41, 5.74) is 9.42. The van der Waals surface area contributed by atoms with Crippen molar-refractivity contribution in [1.29, 1.82) is 0 Å². The van der Waals surface area contributed by atoms with Crippen LogP contribution < -0.4 is 9.64 Å². The van der Waals surface area contributed by atoms with E-state index in [1.165, 1.54) is 69.5 Å². The Morgan fingerprint density at radius 1 is 0.921 bits per heavy atom. The van der Waals surface area contributed by atoms with Gasteiger partial charge in [-0.25, -0.2) is 0 Å². The molecule has 0 spiro atoms. The number of methoxy groups -OCH3 is 1. The molecule has 190 valence electrons. The lowest BCUT2D eigenvalue weighted by Crippen LogP contribution is -2.26. The van der Waals surface area contributed by atoms with E-state index in [0.29, 0.717) is 12.0 Å². The molecule has 1 fully saturated rings. The minimum atomic E-state index is -0.0696. The highest BCUT2D eigenvalue weighted by Gasteiger charge is 2.44. The van der Waals surface area contributed by atoms with Crippen molar-refractivity contribution in [3.63, 3.8) is 0 Å². The number of rotatable bonds is 4. The highest BCUT2D eigenvalue weighted by atomic mass is 16.5. The lowest BCUT2D eigenvalue weighted by molar-refractivity contribution is -0.401. The Kier molecular flexibility index (Phi) is 5.26. The van der Waals surface area contributed by atoms with Crippen LogP contribution in [0.4, 0.5) is 17.1 Å². The van der Waals surface area contributed by atoms with Crippen molar-refractivity contribution < 1.29 is 9.31 Å². The summed E-state index contributed by atoms with van der Waals surface area (Å²) in [6.07, 6.45) is 8.48. The quantitative estimate of drug-likeness (QED) is 0.262. The molecule has 4 aromatic rings. The SMILES string of the molecule is COc1ccc(N2c3ccc(C=CC4=[N+](C)c5ccc6ccccc6c5C4(C)C)cc3C3CCCC32)cc1. The molecule has 1 aliphatic carbocycles. The lowest BCUT2D eigenvalue weighted by atomic mass is 9.79. The Hall–Kier alpha value is -3.85. The standard InChI is InChI=1S/C35H35N2O/c1-35(2)33(36(3)32-20-14-24-8-5-6-9-27(24)34(32)35)21-13-23-12-19-31-29(22-23)28-10-7-11-30(28)37(31)25-15-17-26(38-4)18-16-25/h5-6,8-9,12-22,28,30H,7,10-11H2,1-4H3/q+1. The summed E-state index contributed by atoms with van der Waals surface area (Å²) in [5.74, 6) is 1.51. The van der Waals surface area contributed by atoms with Crippen molar-refractivity contribution in [2.45, 2.75) is 50.5 Å². The summed E-state index contributed by atoms with van der Waals surface area (Å²) >= 11 is 0. The van der Waals surface area contributed by atoms with E-state index in [2.05, 4.69) is 121 Å². The van der Waals surface area contributed by atoms with Crippen molar-refractivity contribution in [2.75, 3.05) is 19.1 Å². The third-order valence-corrected chi connectivity index (χ3v) is 9.20. The van der Waals surface area contributed by atoms with Gasteiger partial charge in [-0.05, 0) is 97.1 Å². The second-order valence-corrected chi connectivity index (χ2v) is 11.6. The summed E-state index contributed by atoms with van der Waals surface area (Å²) in [4.78, 5) is 2.57. The van der Waals surface area contributed by atoms with E-state index in [0.717, 1.165) is 5.75 Å². The third-order valence-electron chi connectivity index (χ3n) is 9.20. The van der Waals surface area contributed by atoms with Crippen LogP contribution in [0, 0.1) is 0 Å². The van der Waals surface area contributed by atoms with Crippen LogP contribution in [0.2, 0.25) is 0 Å². The number of hydrogen-bond donors (Lipinski definition) is 0. The molecule has 3 nitrogen and oxygen atoms in total. The van der Waals surface area contributed by atoms with E-state index in [9.17, 15) is 0 Å². The fourth-order valence-electron chi connectivity index (χ4n) is 7.43. The number of allylic oxidation sites excluding steroid dienone is 1. The van der Waals surface area contributed by atoms with Crippen LogP contribution >= 0.6 is 0 Å². The van der Waals surface area contributed by atoms with Crippen LogP contribution in [0.25, 0.3) is 16.8 Å².